The standard InChI is InChI=1S/C21H24N4O4S/c1-14-15(2)25(17-6-4-3-5-7-17)20-19(14)21(27)24(13-22-20)10-8-18(26)23-16-9-11-30(28,29)12-16/h3-7,13,16H,8-12H2,1-2H3,(H,23,26)/t16-/m0/s1. The van der Waals surface area contributed by atoms with Gasteiger partial charge in [0.15, 0.2) is 15.5 Å². The van der Waals surface area contributed by atoms with E-state index in [0.29, 0.717) is 17.5 Å². The first-order valence-electron chi connectivity index (χ1n) is 9.89. The van der Waals surface area contributed by atoms with E-state index in [0.717, 1.165) is 16.9 Å². The molecule has 0 unspecified atom stereocenters. The number of carbonyl (C=O) groups is 1. The summed E-state index contributed by atoms with van der Waals surface area (Å²) in [5.41, 5.74) is 3.15. The van der Waals surface area contributed by atoms with E-state index in [9.17, 15) is 18.0 Å². The predicted molar refractivity (Wildman–Crippen MR) is 115 cm³/mol. The van der Waals surface area contributed by atoms with E-state index in [4.69, 9.17) is 0 Å². The molecule has 1 amide bonds. The quantitative estimate of drug-likeness (QED) is 0.663. The molecule has 0 radical (unpaired) electrons. The summed E-state index contributed by atoms with van der Waals surface area (Å²) in [7, 11) is -3.05. The van der Waals surface area contributed by atoms with E-state index in [2.05, 4.69) is 10.3 Å². The van der Waals surface area contributed by atoms with Gasteiger partial charge in [0.1, 0.15) is 0 Å². The van der Waals surface area contributed by atoms with Crippen molar-refractivity contribution in [1.29, 1.82) is 0 Å². The second kappa shape index (κ2) is 7.71. The number of nitrogens with zero attached hydrogens (tertiary/aromatic N) is 3. The molecule has 1 N–H and O–H groups in total. The lowest BCUT2D eigenvalue weighted by atomic mass is 10.2. The minimum absolute atomic E-state index is 0.0162. The number of rotatable bonds is 5. The van der Waals surface area contributed by atoms with Gasteiger partial charge in [-0.1, -0.05) is 18.2 Å². The van der Waals surface area contributed by atoms with Crippen LogP contribution in [0.4, 0.5) is 0 Å². The van der Waals surface area contributed by atoms with Crippen LogP contribution < -0.4 is 10.9 Å². The molecular weight excluding hydrogens is 404 g/mol. The summed E-state index contributed by atoms with van der Waals surface area (Å²) in [6.45, 7) is 4.04. The maximum atomic E-state index is 13.1. The van der Waals surface area contributed by atoms with Crippen LogP contribution >= 0.6 is 0 Å². The lowest BCUT2D eigenvalue weighted by molar-refractivity contribution is -0.121. The highest BCUT2D eigenvalue weighted by molar-refractivity contribution is 7.91. The van der Waals surface area contributed by atoms with Crippen molar-refractivity contribution < 1.29 is 13.2 Å². The van der Waals surface area contributed by atoms with Gasteiger partial charge in [-0.05, 0) is 38.0 Å². The fourth-order valence-corrected chi connectivity index (χ4v) is 5.64. The van der Waals surface area contributed by atoms with E-state index < -0.39 is 9.84 Å². The van der Waals surface area contributed by atoms with Gasteiger partial charge in [-0.25, -0.2) is 13.4 Å². The van der Waals surface area contributed by atoms with E-state index in [1.54, 1.807) is 0 Å². The van der Waals surface area contributed by atoms with Gasteiger partial charge >= 0.3 is 0 Å². The van der Waals surface area contributed by atoms with Crippen molar-refractivity contribution in [2.75, 3.05) is 11.5 Å². The number of para-hydroxylation sites is 1. The first-order chi connectivity index (χ1) is 14.3. The third-order valence-corrected chi connectivity index (χ3v) is 7.44. The highest BCUT2D eigenvalue weighted by Gasteiger charge is 2.28. The van der Waals surface area contributed by atoms with Crippen LogP contribution in [0.15, 0.2) is 41.5 Å². The summed E-state index contributed by atoms with van der Waals surface area (Å²) in [4.78, 5) is 29.8. The number of benzene rings is 1. The number of hydrogen-bond donors (Lipinski definition) is 1. The number of aryl methyl sites for hydroxylation is 2. The van der Waals surface area contributed by atoms with E-state index >= 15 is 0 Å². The van der Waals surface area contributed by atoms with Crippen LogP contribution in [0.5, 0.6) is 0 Å². The zero-order valence-corrected chi connectivity index (χ0v) is 17.8. The summed E-state index contributed by atoms with van der Waals surface area (Å²) in [6, 6.07) is 9.39. The molecule has 2 aromatic heterocycles. The van der Waals surface area contributed by atoms with Crippen LogP contribution in [0.25, 0.3) is 16.7 Å². The lowest BCUT2D eigenvalue weighted by Crippen LogP contribution is -2.36. The van der Waals surface area contributed by atoms with Crippen molar-refractivity contribution in [3.63, 3.8) is 0 Å². The molecule has 30 heavy (non-hydrogen) atoms. The van der Waals surface area contributed by atoms with Gasteiger partial charge in [0, 0.05) is 30.4 Å². The number of carbonyl (C=O) groups excluding carboxylic acids is 1. The van der Waals surface area contributed by atoms with E-state index in [1.807, 2.05) is 48.7 Å². The van der Waals surface area contributed by atoms with Gasteiger partial charge in [0.05, 0.1) is 23.2 Å². The zero-order valence-electron chi connectivity index (χ0n) is 17.0. The molecule has 1 fully saturated rings. The molecule has 1 atom stereocenters. The van der Waals surface area contributed by atoms with Gasteiger partial charge in [0.2, 0.25) is 5.91 Å². The number of amides is 1. The monoisotopic (exact) mass is 428 g/mol. The Kier molecular flexibility index (Phi) is 5.23. The second-order valence-corrected chi connectivity index (χ2v) is 9.97. The minimum Gasteiger partial charge on any atom is -0.352 e. The molecule has 158 valence electrons. The molecule has 4 rings (SSSR count). The third-order valence-electron chi connectivity index (χ3n) is 5.67. The van der Waals surface area contributed by atoms with Gasteiger partial charge in [0.25, 0.3) is 5.56 Å². The molecule has 1 aliphatic rings. The van der Waals surface area contributed by atoms with Crippen molar-refractivity contribution in [2.45, 2.75) is 39.3 Å². The molecule has 0 bridgehead atoms. The SMILES string of the molecule is Cc1c(C)n(-c2ccccc2)c2ncn(CCC(=O)N[C@H]3CCS(=O)(=O)C3)c(=O)c12. The first-order valence-corrected chi connectivity index (χ1v) is 11.7. The fraction of sp³-hybridized carbons (Fsp3) is 0.381. The molecule has 9 heteroatoms. The van der Waals surface area contributed by atoms with E-state index in [-0.39, 0.29) is 42.0 Å². The predicted octanol–water partition coefficient (Wildman–Crippen LogP) is 1.50. The molecule has 8 nitrogen and oxygen atoms in total. The van der Waals surface area contributed by atoms with Crippen molar-refractivity contribution >= 4 is 26.8 Å². The third kappa shape index (κ3) is 3.77. The molecule has 0 saturated carbocycles. The number of nitrogens with one attached hydrogen (secondary N) is 1. The number of fused-ring (bicyclic) bond motifs is 1. The first kappa shape index (κ1) is 20.3. The average molecular weight is 429 g/mol. The summed E-state index contributed by atoms with van der Waals surface area (Å²) in [5, 5.41) is 3.29. The largest absolute Gasteiger partial charge is 0.352 e. The fourth-order valence-electron chi connectivity index (χ4n) is 3.97. The number of hydrogen-bond acceptors (Lipinski definition) is 5. The van der Waals surface area contributed by atoms with E-state index in [1.165, 1.54) is 10.9 Å². The summed E-state index contributed by atoms with van der Waals surface area (Å²) < 4.78 is 26.5. The van der Waals surface area contributed by atoms with Crippen LogP contribution in [0.2, 0.25) is 0 Å². The minimum atomic E-state index is -3.05. The van der Waals surface area contributed by atoms with Crippen LogP contribution in [0.1, 0.15) is 24.1 Å². The van der Waals surface area contributed by atoms with Crippen molar-refractivity contribution in [3.8, 4) is 5.69 Å². The zero-order chi connectivity index (χ0) is 21.5. The Hall–Kier alpha value is -2.94. The Balaban J connectivity index is 1.56. The second-order valence-electron chi connectivity index (χ2n) is 7.74. The van der Waals surface area contributed by atoms with Crippen molar-refractivity contribution in [1.82, 2.24) is 19.4 Å². The smallest absolute Gasteiger partial charge is 0.263 e. The maximum Gasteiger partial charge on any atom is 0.263 e. The van der Waals surface area contributed by atoms with Crippen LogP contribution in [-0.2, 0) is 21.2 Å². The van der Waals surface area contributed by atoms with Crippen molar-refractivity contribution in [2.24, 2.45) is 0 Å². The molecule has 3 aromatic rings. The highest BCUT2D eigenvalue weighted by Crippen LogP contribution is 2.24. The number of aromatic nitrogens is 3. The molecular formula is C21H24N4O4S. The highest BCUT2D eigenvalue weighted by atomic mass is 32.2. The average Bonchev–Trinajstić information content (AvgIpc) is 3.18. The topological polar surface area (TPSA) is 103 Å². The van der Waals surface area contributed by atoms with Gasteiger partial charge < -0.3 is 5.32 Å². The summed E-state index contributed by atoms with van der Waals surface area (Å²) >= 11 is 0. The molecule has 1 aliphatic heterocycles. The molecule has 0 spiro atoms. The lowest BCUT2D eigenvalue weighted by Gasteiger charge is -2.11. The maximum absolute atomic E-state index is 13.1. The Morgan fingerprint density at radius 1 is 1.23 bits per heavy atom. The number of sulfone groups is 1. The van der Waals surface area contributed by atoms with Crippen LogP contribution in [0.3, 0.4) is 0 Å². The van der Waals surface area contributed by atoms with Crippen molar-refractivity contribution in [3.05, 3.63) is 58.3 Å². The molecule has 1 saturated heterocycles. The normalized spacial score (nSPS) is 18.0. The Bertz CT molecular complexity index is 1280. The van der Waals surface area contributed by atoms with Gasteiger partial charge in [-0.2, -0.15) is 0 Å². The van der Waals surface area contributed by atoms with Gasteiger partial charge in [-0.15, -0.1) is 0 Å². The molecule has 1 aromatic carbocycles. The van der Waals surface area contributed by atoms with Gasteiger partial charge in [-0.3, -0.25) is 18.7 Å². The molecule has 3 heterocycles. The Morgan fingerprint density at radius 3 is 2.63 bits per heavy atom. The Morgan fingerprint density at radius 2 is 1.97 bits per heavy atom. The summed E-state index contributed by atoms with van der Waals surface area (Å²) in [5.74, 6) is -0.175. The Labute approximate surface area is 174 Å². The summed E-state index contributed by atoms with van der Waals surface area (Å²) in [6.07, 6.45) is 1.99. The molecule has 0 aliphatic carbocycles. The van der Waals surface area contributed by atoms with Crippen LogP contribution in [0, 0.1) is 13.8 Å². The van der Waals surface area contributed by atoms with Crippen LogP contribution in [-0.4, -0.2) is 46.0 Å².